The van der Waals surface area contributed by atoms with E-state index in [1.54, 1.807) is 7.11 Å². The van der Waals surface area contributed by atoms with Crippen molar-refractivity contribution in [3.63, 3.8) is 0 Å². The molecule has 0 spiro atoms. The topological polar surface area (TPSA) is 76.7 Å². The van der Waals surface area contributed by atoms with E-state index in [1.165, 1.54) is 25.3 Å². The summed E-state index contributed by atoms with van der Waals surface area (Å²) in [5.74, 6) is 0.437. The van der Waals surface area contributed by atoms with Gasteiger partial charge in [0.1, 0.15) is 5.75 Å². The van der Waals surface area contributed by atoms with Gasteiger partial charge in [-0.3, -0.25) is 0 Å². The number of hydrogen-bond acceptors (Lipinski definition) is 5. The van der Waals surface area contributed by atoms with Crippen LogP contribution in [0, 0.1) is 0 Å². The molecule has 6 nitrogen and oxygen atoms in total. The fourth-order valence-electron chi connectivity index (χ4n) is 1.47. The van der Waals surface area contributed by atoms with E-state index in [4.69, 9.17) is 21.1 Å². The molecule has 114 valence electrons. The van der Waals surface area contributed by atoms with Gasteiger partial charge in [0.05, 0.1) is 23.6 Å². The normalized spacial score (nSPS) is 11.6. The van der Waals surface area contributed by atoms with E-state index < -0.39 is 10.0 Å². The molecule has 0 saturated carbocycles. The predicted octanol–water partition coefficient (Wildman–Crippen LogP) is 0.863. The lowest BCUT2D eigenvalue weighted by Crippen LogP contribution is -2.33. The smallest absolute Gasteiger partial charge is 0.240 e. The number of benzene rings is 1. The summed E-state index contributed by atoms with van der Waals surface area (Å²) >= 11 is 5.91. The van der Waals surface area contributed by atoms with Gasteiger partial charge in [0.25, 0.3) is 0 Å². The van der Waals surface area contributed by atoms with Gasteiger partial charge in [-0.15, -0.1) is 0 Å². The molecule has 0 saturated heterocycles. The standard InChI is InChI=1S/C12H19ClN2O4S/c1-18-8-7-14-5-6-15-20(16,17)10-3-4-12(19-2)11(13)9-10/h3-4,9,14-15H,5-8H2,1-2H3. The molecule has 0 bridgehead atoms. The minimum absolute atomic E-state index is 0.111. The van der Waals surface area contributed by atoms with Crippen molar-refractivity contribution in [3.8, 4) is 5.75 Å². The second-order valence-corrected chi connectivity index (χ2v) is 6.11. The molecule has 0 aliphatic rings. The van der Waals surface area contributed by atoms with Crippen molar-refractivity contribution in [2.24, 2.45) is 0 Å². The van der Waals surface area contributed by atoms with Crippen LogP contribution >= 0.6 is 11.6 Å². The minimum atomic E-state index is -3.56. The van der Waals surface area contributed by atoms with Crippen molar-refractivity contribution in [1.82, 2.24) is 10.0 Å². The zero-order valence-corrected chi connectivity index (χ0v) is 13.1. The number of hydrogen-bond donors (Lipinski definition) is 2. The first kappa shape index (κ1) is 17.2. The van der Waals surface area contributed by atoms with Crippen molar-refractivity contribution in [3.05, 3.63) is 23.2 Å². The fourth-order valence-corrected chi connectivity index (χ4v) is 2.85. The van der Waals surface area contributed by atoms with Gasteiger partial charge < -0.3 is 14.8 Å². The number of methoxy groups -OCH3 is 2. The molecular weight excluding hydrogens is 304 g/mol. The SMILES string of the molecule is COCCNCCNS(=O)(=O)c1ccc(OC)c(Cl)c1. The molecule has 0 heterocycles. The summed E-state index contributed by atoms with van der Waals surface area (Å²) in [6, 6.07) is 4.33. The quantitative estimate of drug-likeness (QED) is 0.660. The van der Waals surface area contributed by atoms with E-state index in [0.29, 0.717) is 25.4 Å². The maximum atomic E-state index is 12.0. The van der Waals surface area contributed by atoms with Crippen molar-refractivity contribution in [2.45, 2.75) is 4.90 Å². The van der Waals surface area contributed by atoms with Crippen LogP contribution in [0.4, 0.5) is 0 Å². The average molecular weight is 323 g/mol. The summed E-state index contributed by atoms with van der Waals surface area (Å²) in [4.78, 5) is 0.111. The molecule has 0 aromatic heterocycles. The molecule has 0 aliphatic carbocycles. The summed E-state index contributed by atoms with van der Waals surface area (Å²) in [6.07, 6.45) is 0. The second-order valence-electron chi connectivity index (χ2n) is 3.94. The van der Waals surface area contributed by atoms with Crippen LogP contribution in [-0.4, -0.2) is 48.9 Å². The monoisotopic (exact) mass is 322 g/mol. The average Bonchev–Trinajstić information content (AvgIpc) is 2.42. The highest BCUT2D eigenvalue weighted by molar-refractivity contribution is 7.89. The van der Waals surface area contributed by atoms with Gasteiger partial charge in [0.15, 0.2) is 0 Å². The lowest BCUT2D eigenvalue weighted by molar-refractivity contribution is 0.199. The highest BCUT2D eigenvalue weighted by Gasteiger charge is 2.15. The summed E-state index contributed by atoms with van der Waals surface area (Å²) in [6.45, 7) is 2.07. The second kappa shape index (κ2) is 8.43. The third-order valence-corrected chi connectivity index (χ3v) is 4.26. The molecule has 0 aliphatic heterocycles. The van der Waals surface area contributed by atoms with Gasteiger partial charge in [0.2, 0.25) is 10.0 Å². The highest BCUT2D eigenvalue weighted by Crippen LogP contribution is 2.26. The first-order valence-electron chi connectivity index (χ1n) is 6.04. The van der Waals surface area contributed by atoms with Gasteiger partial charge >= 0.3 is 0 Å². The van der Waals surface area contributed by atoms with Crippen molar-refractivity contribution >= 4 is 21.6 Å². The number of rotatable bonds is 9. The molecule has 1 aromatic rings. The Morgan fingerprint density at radius 2 is 1.95 bits per heavy atom. The Morgan fingerprint density at radius 3 is 2.55 bits per heavy atom. The molecule has 2 N–H and O–H groups in total. The lowest BCUT2D eigenvalue weighted by atomic mass is 10.3. The molecule has 20 heavy (non-hydrogen) atoms. The van der Waals surface area contributed by atoms with E-state index in [9.17, 15) is 8.42 Å². The van der Waals surface area contributed by atoms with Crippen LogP contribution in [0.15, 0.2) is 23.1 Å². The van der Waals surface area contributed by atoms with E-state index in [-0.39, 0.29) is 16.5 Å². The minimum Gasteiger partial charge on any atom is -0.495 e. The summed E-state index contributed by atoms with van der Waals surface area (Å²) in [5, 5.41) is 3.30. The summed E-state index contributed by atoms with van der Waals surface area (Å²) in [7, 11) is -0.481. The summed E-state index contributed by atoms with van der Waals surface area (Å²) < 4.78 is 36.4. The molecule has 1 aromatic carbocycles. The third kappa shape index (κ3) is 5.26. The summed E-state index contributed by atoms with van der Waals surface area (Å²) in [5.41, 5.74) is 0. The lowest BCUT2D eigenvalue weighted by Gasteiger charge is -2.09. The van der Waals surface area contributed by atoms with Crippen LogP contribution in [-0.2, 0) is 14.8 Å². The zero-order chi connectivity index (χ0) is 15.0. The Balaban J connectivity index is 2.54. The third-order valence-electron chi connectivity index (χ3n) is 2.51. The Morgan fingerprint density at radius 1 is 1.20 bits per heavy atom. The van der Waals surface area contributed by atoms with E-state index in [1.807, 2.05) is 0 Å². The highest BCUT2D eigenvalue weighted by atomic mass is 35.5. The van der Waals surface area contributed by atoms with Gasteiger partial charge in [-0.2, -0.15) is 0 Å². The Bertz CT molecular complexity index is 522. The first-order valence-corrected chi connectivity index (χ1v) is 7.90. The van der Waals surface area contributed by atoms with Gasteiger partial charge in [0, 0.05) is 26.7 Å². The van der Waals surface area contributed by atoms with Crippen LogP contribution in [0.25, 0.3) is 0 Å². The molecule has 8 heteroatoms. The number of nitrogens with one attached hydrogen (secondary N) is 2. The number of ether oxygens (including phenoxy) is 2. The van der Waals surface area contributed by atoms with Crippen LogP contribution in [0.1, 0.15) is 0 Å². The number of halogens is 1. The van der Waals surface area contributed by atoms with Crippen LogP contribution in [0.5, 0.6) is 5.75 Å². The fraction of sp³-hybridized carbons (Fsp3) is 0.500. The van der Waals surface area contributed by atoms with Crippen molar-refractivity contribution in [2.75, 3.05) is 40.5 Å². The van der Waals surface area contributed by atoms with E-state index in [2.05, 4.69) is 10.0 Å². The van der Waals surface area contributed by atoms with E-state index in [0.717, 1.165) is 0 Å². The first-order chi connectivity index (χ1) is 9.51. The van der Waals surface area contributed by atoms with Gasteiger partial charge in [-0.1, -0.05) is 11.6 Å². The molecule has 0 fully saturated rings. The zero-order valence-electron chi connectivity index (χ0n) is 11.5. The van der Waals surface area contributed by atoms with Crippen molar-refractivity contribution < 1.29 is 17.9 Å². The largest absolute Gasteiger partial charge is 0.495 e. The maximum Gasteiger partial charge on any atom is 0.240 e. The molecule has 0 radical (unpaired) electrons. The molecule has 0 unspecified atom stereocenters. The van der Waals surface area contributed by atoms with Crippen molar-refractivity contribution in [1.29, 1.82) is 0 Å². The Hall–Kier alpha value is -0.860. The maximum absolute atomic E-state index is 12.0. The predicted molar refractivity (Wildman–Crippen MR) is 77.9 cm³/mol. The Labute approximate surface area is 124 Å². The number of sulfonamides is 1. The molecular formula is C12H19ClN2O4S. The molecule has 0 atom stereocenters. The molecule has 0 amide bonds. The molecule has 1 rings (SSSR count). The van der Waals surface area contributed by atoms with Gasteiger partial charge in [-0.25, -0.2) is 13.1 Å². The Kier molecular flexibility index (Phi) is 7.25. The van der Waals surface area contributed by atoms with Crippen LogP contribution in [0.2, 0.25) is 5.02 Å². The van der Waals surface area contributed by atoms with E-state index >= 15 is 0 Å². The van der Waals surface area contributed by atoms with Gasteiger partial charge in [-0.05, 0) is 18.2 Å². The van der Waals surface area contributed by atoms with Crippen LogP contribution in [0.3, 0.4) is 0 Å². The van der Waals surface area contributed by atoms with Crippen LogP contribution < -0.4 is 14.8 Å².